The molecule has 0 aliphatic rings. The Morgan fingerprint density at radius 3 is 2.24 bits per heavy atom. The topological polar surface area (TPSA) is 24.1 Å². The highest BCUT2D eigenvalue weighted by molar-refractivity contribution is 7.80. The zero-order valence-corrected chi connectivity index (χ0v) is 25.6. The lowest BCUT2D eigenvalue weighted by Crippen LogP contribution is -2.08. The number of anilines is 1. The summed E-state index contributed by atoms with van der Waals surface area (Å²) in [6, 6.07) is 15.1. The lowest BCUT2D eigenvalue weighted by atomic mass is 9.82. The molecule has 0 bridgehead atoms. The molecule has 0 amide bonds. The van der Waals surface area contributed by atoms with Gasteiger partial charge in [-0.1, -0.05) is 103 Å². The van der Waals surface area contributed by atoms with Gasteiger partial charge in [0.1, 0.15) is 0 Å². The van der Waals surface area contributed by atoms with E-state index >= 15 is 0 Å². The number of hydrogen-bond acceptors (Lipinski definition) is 3. The lowest BCUT2D eigenvalue weighted by Gasteiger charge is -2.23. The summed E-state index contributed by atoms with van der Waals surface area (Å²) in [7, 11) is 0. The average Bonchev–Trinajstić information content (AvgIpc) is 2.90. The van der Waals surface area contributed by atoms with Crippen molar-refractivity contribution in [3.63, 3.8) is 0 Å². The molecule has 2 aromatic rings. The van der Waals surface area contributed by atoms with Gasteiger partial charge in [-0.2, -0.15) is 12.6 Å². The molecule has 0 aliphatic heterocycles. The summed E-state index contributed by atoms with van der Waals surface area (Å²) in [5.41, 5.74) is 7.60. The van der Waals surface area contributed by atoms with Crippen molar-refractivity contribution in [3.8, 4) is 0 Å². The van der Waals surface area contributed by atoms with E-state index in [-0.39, 0.29) is 5.92 Å². The Balaban J connectivity index is 0.000000988. The first-order valence-corrected chi connectivity index (χ1v) is 14.8. The summed E-state index contributed by atoms with van der Waals surface area (Å²) in [6.07, 6.45) is 16.9. The fourth-order valence-corrected chi connectivity index (χ4v) is 3.91. The minimum Gasteiger partial charge on any atom is -0.368 e. The molecule has 1 unspecified atom stereocenters. The van der Waals surface area contributed by atoms with Crippen LogP contribution in [0.4, 0.5) is 5.69 Å². The monoisotopic (exact) mass is 522 g/mol. The van der Waals surface area contributed by atoms with Crippen molar-refractivity contribution in [3.05, 3.63) is 102 Å². The minimum absolute atomic E-state index is 0.198. The van der Waals surface area contributed by atoms with Crippen LogP contribution in [0, 0.1) is 13.8 Å². The van der Waals surface area contributed by atoms with E-state index in [2.05, 4.69) is 133 Å². The standard InChI is InChI=1S/C24H30N2.C6H14S.C4H10/c1-6-8-15-25-17-19(4)24(23-14-9-11-18(3)20(23)5)21-12-10-13-22(16-21)26-7-2;1-2-3-4-5-6-7;1-3-4-2/h7-17,24-26H,2,6H2,1,3-5H3;7H,2-6H2,1H3;3-4H2,1-2H3/b15-8+,19-17+;;. The van der Waals surface area contributed by atoms with Crippen LogP contribution in [0.2, 0.25) is 0 Å². The second kappa shape index (κ2) is 22.8. The van der Waals surface area contributed by atoms with Gasteiger partial charge in [-0.25, -0.2) is 0 Å². The van der Waals surface area contributed by atoms with Crippen LogP contribution >= 0.6 is 12.6 Å². The van der Waals surface area contributed by atoms with Gasteiger partial charge in [0.2, 0.25) is 0 Å². The smallest absolute Gasteiger partial charge is 0.0382 e. The van der Waals surface area contributed by atoms with Gasteiger partial charge in [-0.3, -0.25) is 0 Å². The first-order chi connectivity index (χ1) is 17.9. The number of aryl methyl sites for hydroxylation is 1. The molecule has 37 heavy (non-hydrogen) atoms. The van der Waals surface area contributed by atoms with E-state index in [1.807, 2.05) is 6.20 Å². The zero-order chi connectivity index (χ0) is 27.9. The van der Waals surface area contributed by atoms with Gasteiger partial charge < -0.3 is 10.6 Å². The highest BCUT2D eigenvalue weighted by Crippen LogP contribution is 2.35. The van der Waals surface area contributed by atoms with E-state index in [1.165, 1.54) is 66.4 Å². The molecule has 2 nitrogen and oxygen atoms in total. The van der Waals surface area contributed by atoms with Crippen molar-refractivity contribution in [2.24, 2.45) is 0 Å². The third-order valence-corrected chi connectivity index (χ3v) is 6.49. The van der Waals surface area contributed by atoms with E-state index in [1.54, 1.807) is 6.20 Å². The van der Waals surface area contributed by atoms with Crippen molar-refractivity contribution in [1.82, 2.24) is 5.32 Å². The average molecular weight is 523 g/mol. The number of hydrogen-bond donors (Lipinski definition) is 3. The SMILES string of the molecule is C=CNc1cccc(C(/C(C)=C/N/C=C/CC)c2cccc(C)c2C)c1.CCCC.CCCCCCS. The van der Waals surface area contributed by atoms with E-state index in [0.717, 1.165) is 17.9 Å². The Bertz CT molecular complexity index is 908. The van der Waals surface area contributed by atoms with Gasteiger partial charge in [0.15, 0.2) is 0 Å². The maximum Gasteiger partial charge on any atom is 0.0382 e. The van der Waals surface area contributed by atoms with Crippen molar-refractivity contribution < 1.29 is 0 Å². The fourth-order valence-electron chi connectivity index (χ4n) is 3.69. The predicted octanol–water partition coefficient (Wildman–Crippen LogP) is 10.7. The summed E-state index contributed by atoms with van der Waals surface area (Å²) in [6.45, 7) is 19.1. The molecule has 0 radical (unpaired) electrons. The van der Waals surface area contributed by atoms with Crippen molar-refractivity contribution in [2.45, 2.75) is 99.3 Å². The molecule has 0 fully saturated rings. The molecular weight excluding hydrogens is 468 g/mol. The molecule has 2 rings (SSSR count). The Kier molecular flexibility index (Phi) is 21.3. The van der Waals surface area contributed by atoms with Crippen LogP contribution in [-0.4, -0.2) is 5.75 Å². The van der Waals surface area contributed by atoms with Crippen molar-refractivity contribution >= 4 is 18.3 Å². The van der Waals surface area contributed by atoms with Crippen LogP contribution in [-0.2, 0) is 0 Å². The highest BCUT2D eigenvalue weighted by atomic mass is 32.1. The number of benzene rings is 2. The maximum absolute atomic E-state index is 4.09. The van der Waals surface area contributed by atoms with Gasteiger partial charge in [0, 0.05) is 17.8 Å². The molecule has 0 saturated heterocycles. The van der Waals surface area contributed by atoms with Crippen LogP contribution in [0.25, 0.3) is 0 Å². The molecule has 0 heterocycles. The second-order valence-corrected chi connectivity index (χ2v) is 9.79. The van der Waals surface area contributed by atoms with Crippen LogP contribution in [0.3, 0.4) is 0 Å². The van der Waals surface area contributed by atoms with Crippen LogP contribution < -0.4 is 10.6 Å². The molecule has 2 N–H and O–H groups in total. The number of allylic oxidation sites excluding steroid dienone is 2. The minimum atomic E-state index is 0.198. The molecule has 0 saturated carbocycles. The van der Waals surface area contributed by atoms with E-state index in [0.29, 0.717) is 0 Å². The Hall–Kier alpha value is -2.39. The number of unbranched alkanes of at least 4 members (excludes halogenated alkanes) is 4. The number of rotatable bonds is 13. The predicted molar refractivity (Wildman–Crippen MR) is 173 cm³/mol. The molecule has 0 aromatic heterocycles. The molecule has 0 aliphatic carbocycles. The van der Waals surface area contributed by atoms with Crippen LogP contribution in [0.1, 0.15) is 108 Å². The van der Waals surface area contributed by atoms with Gasteiger partial charge in [0.25, 0.3) is 0 Å². The molecule has 206 valence electrons. The normalized spacial score (nSPS) is 11.6. The zero-order valence-electron chi connectivity index (χ0n) is 24.7. The Labute approximate surface area is 235 Å². The third kappa shape index (κ3) is 14.8. The first-order valence-electron chi connectivity index (χ1n) is 14.1. The summed E-state index contributed by atoms with van der Waals surface area (Å²) in [5.74, 6) is 1.25. The van der Waals surface area contributed by atoms with E-state index in [4.69, 9.17) is 0 Å². The molecular formula is C34H54N2S. The summed E-state index contributed by atoms with van der Waals surface area (Å²) in [5, 5.41) is 6.50. The Morgan fingerprint density at radius 2 is 1.65 bits per heavy atom. The molecule has 0 spiro atoms. The van der Waals surface area contributed by atoms with Crippen molar-refractivity contribution in [1.29, 1.82) is 0 Å². The second-order valence-electron chi connectivity index (χ2n) is 9.35. The molecule has 3 heteroatoms. The van der Waals surface area contributed by atoms with Crippen molar-refractivity contribution in [2.75, 3.05) is 11.1 Å². The molecule has 2 aromatic carbocycles. The fraction of sp³-hybridized carbons (Fsp3) is 0.471. The van der Waals surface area contributed by atoms with E-state index in [9.17, 15) is 0 Å². The quantitative estimate of drug-likeness (QED) is 0.180. The van der Waals surface area contributed by atoms with Crippen LogP contribution in [0.15, 0.2) is 79.3 Å². The highest BCUT2D eigenvalue weighted by Gasteiger charge is 2.19. The van der Waals surface area contributed by atoms with Gasteiger partial charge in [0.05, 0.1) is 0 Å². The van der Waals surface area contributed by atoms with Gasteiger partial charge in [-0.15, -0.1) is 0 Å². The third-order valence-electron chi connectivity index (χ3n) is 6.17. The van der Waals surface area contributed by atoms with Gasteiger partial charge in [-0.05, 0) is 91.7 Å². The molecule has 1 atom stereocenters. The number of thiol groups is 1. The Morgan fingerprint density at radius 1 is 0.946 bits per heavy atom. The number of nitrogens with one attached hydrogen (secondary N) is 2. The summed E-state index contributed by atoms with van der Waals surface area (Å²) < 4.78 is 0. The van der Waals surface area contributed by atoms with Gasteiger partial charge >= 0.3 is 0 Å². The summed E-state index contributed by atoms with van der Waals surface area (Å²) >= 11 is 4.09. The summed E-state index contributed by atoms with van der Waals surface area (Å²) in [4.78, 5) is 0. The van der Waals surface area contributed by atoms with E-state index < -0.39 is 0 Å². The van der Waals surface area contributed by atoms with Crippen LogP contribution in [0.5, 0.6) is 0 Å². The largest absolute Gasteiger partial charge is 0.368 e. The maximum atomic E-state index is 4.09. The lowest BCUT2D eigenvalue weighted by molar-refractivity contribution is 0.707. The first kappa shape index (κ1) is 34.6.